The largest absolute Gasteiger partial charge is 0.612 e. The highest BCUT2D eigenvalue weighted by Crippen LogP contribution is 2.34. The van der Waals surface area contributed by atoms with Crippen LogP contribution in [0.5, 0.6) is 0 Å². The normalized spacial score (nSPS) is 17.6. The quantitative estimate of drug-likeness (QED) is 0.585. The van der Waals surface area contributed by atoms with Crippen LogP contribution in [0.3, 0.4) is 0 Å². The molecule has 0 bridgehead atoms. The zero-order valence-corrected chi connectivity index (χ0v) is 12.3. The van der Waals surface area contributed by atoms with Crippen LogP contribution in [0.25, 0.3) is 0 Å². The molecule has 0 fully saturated rings. The maximum Gasteiger partial charge on any atom is 0.417 e. The zero-order chi connectivity index (χ0) is 15.8. The van der Waals surface area contributed by atoms with E-state index in [9.17, 15) is 15.2 Å². The molecule has 1 unspecified atom stereocenters. The van der Waals surface area contributed by atoms with Gasteiger partial charge in [0.15, 0.2) is 0 Å². The van der Waals surface area contributed by atoms with Crippen molar-refractivity contribution < 1.29 is 19.2 Å². The van der Waals surface area contributed by atoms with Gasteiger partial charge in [0.1, 0.15) is 5.60 Å². The molecule has 0 N–H and O–H groups in total. The predicted octanol–water partition coefficient (Wildman–Crippen LogP) is 2.21. The lowest BCUT2D eigenvalue weighted by Gasteiger charge is -2.27. The summed E-state index contributed by atoms with van der Waals surface area (Å²) in [6.07, 6.45) is -1.79. The maximum atomic E-state index is 12.3. The highest BCUT2D eigenvalue weighted by atomic mass is 16.8. The molecular weight excluding hydrogens is 276 g/mol. The number of carbonyl (C=O) groups is 1. The van der Waals surface area contributed by atoms with Gasteiger partial charge in [0.25, 0.3) is 5.71 Å². The molecule has 0 spiro atoms. The molecule has 1 atom stereocenters. The first kappa shape index (κ1) is 15.1. The van der Waals surface area contributed by atoms with Crippen molar-refractivity contribution in [3.63, 3.8) is 0 Å². The number of hydrogen-bond acceptors (Lipinski definition) is 5. The average Bonchev–Trinajstić information content (AvgIpc) is 2.70. The summed E-state index contributed by atoms with van der Waals surface area (Å²) in [6, 6.07) is 6.59. The van der Waals surface area contributed by atoms with E-state index in [4.69, 9.17) is 9.47 Å². The summed E-state index contributed by atoms with van der Waals surface area (Å²) in [5.74, 6) is 0. The van der Waals surface area contributed by atoms with Gasteiger partial charge in [0.05, 0.1) is 11.3 Å². The van der Waals surface area contributed by atoms with E-state index in [-0.39, 0.29) is 5.71 Å². The molecule has 1 aromatic carbocycles. The number of benzene rings is 1. The molecule has 21 heavy (non-hydrogen) atoms. The van der Waals surface area contributed by atoms with E-state index < -0.39 is 22.8 Å². The van der Waals surface area contributed by atoms with E-state index >= 15 is 0 Å². The number of ether oxygens (including phenoxy) is 2. The SMILES string of the molecule is COC1C(=[N+]([O-])[O-])c2ccccc2N1C(=O)OC(C)(C)C. The molecule has 0 aliphatic carbocycles. The van der Waals surface area contributed by atoms with Gasteiger partial charge in [-0.25, -0.2) is 9.69 Å². The van der Waals surface area contributed by atoms with Gasteiger partial charge >= 0.3 is 6.09 Å². The molecule has 0 saturated heterocycles. The van der Waals surface area contributed by atoms with Gasteiger partial charge in [0.2, 0.25) is 6.23 Å². The van der Waals surface area contributed by atoms with Crippen LogP contribution in [0.1, 0.15) is 26.3 Å². The molecule has 0 aromatic heterocycles. The summed E-state index contributed by atoms with van der Waals surface area (Å²) < 4.78 is 10.5. The first-order valence-corrected chi connectivity index (χ1v) is 6.42. The second kappa shape index (κ2) is 5.25. The fourth-order valence-corrected chi connectivity index (χ4v) is 2.19. The van der Waals surface area contributed by atoms with Crippen molar-refractivity contribution in [2.75, 3.05) is 12.0 Å². The van der Waals surface area contributed by atoms with Gasteiger partial charge < -0.3 is 19.9 Å². The van der Waals surface area contributed by atoms with Gasteiger partial charge in [-0.3, -0.25) is 0 Å². The van der Waals surface area contributed by atoms with Crippen LogP contribution in [0.2, 0.25) is 0 Å². The fourth-order valence-electron chi connectivity index (χ4n) is 2.19. The van der Waals surface area contributed by atoms with E-state index in [1.807, 2.05) is 0 Å². The average molecular weight is 293 g/mol. The summed E-state index contributed by atoms with van der Waals surface area (Å²) in [5, 5.41) is 22.6. The monoisotopic (exact) mass is 293 g/mol. The minimum Gasteiger partial charge on any atom is -0.612 e. The molecule has 1 heterocycles. The molecule has 0 saturated carbocycles. The van der Waals surface area contributed by atoms with Crippen LogP contribution in [-0.4, -0.2) is 35.6 Å². The highest BCUT2D eigenvalue weighted by molar-refractivity contribution is 6.16. The van der Waals surface area contributed by atoms with Crippen molar-refractivity contribution in [3.05, 3.63) is 40.2 Å². The molecule has 7 nitrogen and oxygen atoms in total. The number of hydrogen-bond donors (Lipinski definition) is 0. The van der Waals surface area contributed by atoms with E-state index in [2.05, 4.69) is 0 Å². The standard InChI is InChI=1S/C14H17N2O5/c1-14(2,3)21-13(17)15-10-8-6-5-7-9(10)11(16(18)19)12(15)20-4/h5-8,12H,1-4H3/q-1. The molecule has 1 aromatic rings. The van der Waals surface area contributed by atoms with Crippen LogP contribution < -0.4 is 4.90 Å². The van der Waals surface area contributed by atoms with Gasteiger partial charge in [-0.15, -0.1) is 0 Å². The summed E-state index contributed by atoms with van der Waals surface area (Å²) >= 11 is 0. The van der Waals surface area contributed by atoms with Crippen molar-refractivity contribution in [1.29, 1.82) is 0 Å². The Hall–Kier alpha value is -2.28. The second-order valence-corrected chi connectivity index (χ2v) is 5.60. The lowest BCUT2D eigenvalue weighted by molar-refractivity contribution is -0.382. The van der Waals surface area contributed by atoms with Gasteiger partial charge in [-0.2, -0.15) is 4.90 Å². The van der Waals surface area contributed by atoms with Gasteiger partial charge in [0, 0.05) is 7.11 Å². The van der Waals surface area contributed by atoms with E-state index in [1.54, 1.807) is 45.0 Å². The number of methoxy groups -OCH3 is 1. The van der Waals surface area contributed by atoms with Crippen molar-refractivity contribution in [3.8, 4) is 0 Å². The molecular formula is C14H17N2O5-. The second-order valence-electron chi connectivity index (χ2n) is 5.60. The van der Waals surface area contributed by atoms with Crippen LogP contribution in [-0.2, 0) is 9.47 Å². The smallest absolute Gasteiger partial charge is 0.417 e. The number of anilines is 1. The zero-order valence-electron chi connectivity index (χ0n) is 12.3. The molecule has 7 heteroatoms. The topological polar surface area (TPSA) is 87.9 Å². The number of para-hydroxylation sites is 1. The third kappa shape index (κ3) is 2.78. The summed E-state index contributed by atoms with van der Waals surface area (Å²) in [6.45, 7) is 5.19. The molecule has 1 aliphatic heterocycles. The minimum absolute atomic E-state index is 0.168. The van der Waals surface area contributed by atoms with E-state index in [0.717, 1.165) is 0 Å². The van der Waals surface area contributed by atoms with Crippen LogP contribution >= 0.6 is 0 Å². The van der Waals surface area contributed by atoms with Crippen LogP contribution in [0.4, 0.5) is 10.5 Å². The summed E-state index contributed by atoms with van der Waals surface area (Å²) in [5.41, 5.74) is -0.105. The van der Waals surface area contributed by atoms with Gasteiger partial charge in [-0.05, 0) is 32.9 Å². The van der Waals surface area contributed by atoms with Crippen LogP contribution in [0, 0.1) is 10.4 Å². The maximum absolute atomic E-state index is 12.3. The molecule has 1 amide bonds. The van der Waals surface area contributed by atoms with Crippen molar-refractivity contribution in [2.24, 2.45) is 0 Å². The number of amides is 1. The Labute approximate surface area is 122 Å². The van der Waals surface area contributed by atoms with Crippen molar-refractivity contribution in [2.45, 2.75) is 32.6 Å². The first-order valence-electron chi connectivity index (χ1n) is 6.42. The van der Waals surface area contributed by atoms with Crippen molar-refractivity contribution >= 4 is 17.5 Å². The summed E-state index contributed by atoms with van der Waals surface area (Å²) in [7, 11) is 1.32. The first-order chi connectivity index (χ1) is 9.76. The molecule has 2 rings (SSSR count). The highest BCUT2D eigenvalue weighted by Gasteiger charge is 2.45. The molecule has 0 radical (unpaired) electrons. The van der Waals surface area contributed by atoms with E-state index in [0.29, 0.717) is 11.3 Å². The fraction of sp³-hybridized carbons (Fsp3) is 0.429. The summed E-state index contributed by atoms with van der Waals surface area (Å²) in [4.78, 5) is 13.0. The molecule has 114 valence electrons. The Balaban J connectivity index is 2.51. The Morgan fingerprint density at radius 2 is 1.90 bits per heavy atom. The van der Waals surface area contributed by atoms with Gasteiger partial charge in [-0.1, -0.05) is 12.1 Å². The number of nitrogens with zero attached hydrogens (tertiary/aromatic N) is 2. The third-order valence-electron chi connectivity index (χ3n) is 2.92. The Morgan fingerprint density at radius 1 is 1.29 bits per heavy atom. The number of fused-ring (bicyclic) bond motifs is 1. The lowest BCUT2D eigenvalue weighted by atomic mass is 10.1. The third-order valence-corrected chi connectivity index (χ3v) is 2.92. The molecule has 1 aliphatic rings. The Morgan fingerprint density at radius 3 is 2.43 bits per heavy atom. The Bertz CT molecular complexity index is 587. The van der Waals surface area contributed by atoms with E-state index in [1.165, 1.54) is 12.0 Å². The number of carbonyl (C=O) groups excluding carboxylic acids is 1. The van der Waals surface area contributed by atoms with Crippen molar-refractivity contribution in [1.82, 2.24) is 0 Å². The predicted molar refractivity (Wildman–Crippen MR) is 77.1 cm³/mol. The Kier molecular flexibility index (Phi) is 3.78. The minimum atomic E-state index is -1.10. The van der Waals surface area contributed by atoms with Crippen LogP contribution in [0.15, 0.2) is 24.3 Å². The lowest BCUT2D eigenvalue weighted by Crippen LogP contribution is -2.45. The number of rotatable bonds is 1.